The van der Waals surface area contributed by atoms with Gasteiger partial charge in [0.1, 0.15) is 0 Å². The third kappa shape index (κ3) is 1.49. The van der Waals surface area contributed by atoms with Gasteiger partial charge in [0.15, 0.2) is 0 Å². The Kier molecular flexibility index (Phi) is 2.35. The third-order valence-electron chi connectivity index (χ3n) is 3.00. The van der Waals surface area contributed by atoms with E-state index in [0.29, 0.717) is 5.54 Å². The summed E-state index contributed by atoms with van der Waals surface area (Å²) < 4.78 is 5.44. The van der Waals surface area contributed by atoms with Crippen LogP contribution in [0.25, 0.3) is 0 Å². The van der Waals surface area contributed by atoms with Crippen LogP contribution in [0, 0.1) is 0 Å². The third-order valence-corrected chi connectivity index (χ3v) is 3.00. The van der Waals surface area contributed by atoms with Crippen molar-refractivity contribution in [3.63, 3.8) is 0 Å². The molecule has 0 aromatic rings. The van der Waals surface area contributed by atoms with E-state index in [2.05, 4.69) is 17.1 Å². The molecule has 3 heteroatoms. The van der Waals surface area contributed by atoms with Gasteiger partial charge in [-0.2, -0.15) is 0 Å². The molecule has 0 aliphatic carbocycles. The smallest absolute Gasteiger partial charge is 0.0661 e. The summed E-state index contributed by atoms with van der Waals surface area (Å²) >= 11 is 0. The number of hydrogen-bond acceptors (Lipinski definition) is 3. The average molecular weight is 170 g/mol. The van der Waals surface area contributed by atoms with Crippen LogP contribution in [-0.4, -0.2) is 49.8 Å². The summed E-state index contributed by atoms with van der Waals surface area (Å²) in [4.78, 5) is 2.51. The van der Waals surface area contributed by atoms with Gasteiger partial charge < -0.3 is 15.0 Å². The normalized spacial score (nSPS) is 37.8. The van der Waals surface area contributed by atoms with Crippen molar-refractivity contribution in [2.24, 2.45) is 0 Å². The van der Waals surface area contributed by atoms with Gasteiger partial charge in [-0.1, -0.05) is 6.92 Å². The Labute approximate surface area is 74.1 Å². The van der Waals surface area contributed by atoms with Crippen molar-refractivity contribution in [2.75, 3.05) is 39.4 Å². The average Bonchev–Trinajstić information content (AvgIpc) is 2.53. The van der Waals surface area contributed by atoms with Gasteiger partial charge in [0, 0.05) is 26.2 Å². The molecule has 12 heavy (non-hydrogen) atoms. The molecule has 0 saturated carbocycles. The number of piperazine rings is 1. The predicted octanol–water partition coefficient (Wildman–Crippen LogP) is 0.0706. The Morgan fingerprint density at radius 1 is 1.58 bits per heavy atom. The first-order chi connectivity index (χ1) is 5.85. The van der Waals surface area contributed by atoms with E-state index in [0.717, 1.165) is 19.8 Å². The van der Waals surface area contributed by atoms with E-state index in [1.807, 2.05) is 0 Å². The molecule has 0 amide bonds. The second-order valence-corrected chi connectivity index (χ2v) is 3.88. The molecule has 1 N–H and O–H groups in total. The summed E-state index contributed by atoms with van der Waals surface area (Å²) in [5, 5.41) is 3.59. The van der Waals surface area contributed by atoms with Gasteiger partial charge in [-0.15, -0.1) is 0 Å². The summed E-state index contributed by atoms with van der Waals surface area (Å²) in [5.74, 6) is 0. The number of nitrogens with one attached hydrogen (secondary N) is 1. The molecule has 2 aliphatic rings. The summed E-state index contributed by atoms with van der Waals surface area (Å²) in [7, 11) is 0. The highest BCUT2D eigenvalue weighted by Crippen LogP contribution is 2.21. The number of likely N-dealkylation sites (N-methyl/N-ethyl adjacent to an activating group) is 1. The first-order valence-electron chi connectivity index (χ1n) is 4.90. The monoisotopic (exact) mass is 170 g/mol. The zero-order valence-corrected chi connectivity index (χ0v) is 7.81. The lowest BCUT2D eigenvalue weighted by atomic mass is 9.96. The topological polar surface area (TPSA) is 24.5 Å². The highest BCUT2D eigenvalue weighted by Gasteiger charge is 2.37. The highest BCUT2D eigenvalue weighted by molar-refractivity contribution is 4.97. The predicted molar refractivity (Wildman–Crippen MR) is 48.3 cm³/mol. The molecular formula is C9H18N2O. The largest absolute Gasteiger partial charge is 0.379 e. The molecule has 1 spiro atoms. The van der Waals surface area contributed by atoms with Crippen molar-refractivity contribution < 1.29 is 4.74 Å². The van der Waals surface area contributed by atoms with E-state index in [4.69, 9.17) is 4.74 Å². The van der Waals surface area contributed by atoms with Crippen molar-refractivity contribution in [3.8, 4) is 0 Å². The molecule has 2 fully saturated rings. The Bertz CT molecular complexity index is 155. The molecule has 70 valence electrons. The molecule has 3 nitrogen and oxygen atoms in total. The van der Waals surface area contributed by atoms with E-state index >= 15 is 0 Å². The van der Waals surface area contributed by atoms with Crippen LogP contribution in [0.1, 0.15) is 13.3 Å². The number of hydrogen-bond donors (Lipinski definition) is 1. The molecular weight excluding hydrogens is 152 g/mol. The summed E-state index contributed by atoms with van der Waals surface area (Å²) in [5.41, 5.74) is 0.300. The van der Waals surface area contributed by atoms with E-state index in [1.54, 1.807) is 0 Å². The number of nitrogens with zero attached hydrogens (tertiary/aromatic N) is 1. The molecule has 2 saturated heterocycles. The minimum atomic E-state index is 0.300. The molecule has 0 aromatic heterocycles. The van der Waals surface area contributed by atoms with Gasteiger partial charge >= 0.3 is 0 Å². The summed E-state index contributed by atoms with van der Waals surface area (Å²) in [6.45, 7) is 8.73. The molecule has 0 bridgehead atoms. The Morgan fingerprint density at radius 3 is 3.17 bits per heavy atom. The van der Waals surface area contributed by atoms with E-state index in [1.165, 1.54) is 26.1 Å². The minimum absolute atomic E-state index is 0.300. The van der Waals surface area contributed by atoms with Gasteiger partial charge in [0.25, 0.3) is 0 Å². The Morgan fingerprint density at radius 2 is 2.50 bits per heavy atom. The van der Waals surface area contributed by atoms with E-state index in [-0.39, 0.29) is 0 Å². The van der Waals surface area contributed by atoms with Gasteiger partial charge in [-0.05, 0) is 13.0 Å². The lowest BCUT2D eigenvalue weighted by Gasteiger charge is -2.40. The fourth-order valence-electron chi connectivity index (χ4n) is 2.18. The molecule has 2 aliphatic heterocycles. The van der Waals surface area contributed by atoms with Crippen LogP contribution in [0.3, 0.4) is 0 Å². The highest BCUT2D eigenvalue weighted by atomic mass is 16.5. The van der Waals surface area contributed by atoms with Crippen LogP contribution in [0.5, 0.6) is 0 Å². The van der Waals surface area contributed by atoms with Gasteiger partial charge in [0.2, 0.25) is 0 Å². The fourth-order valence-corrected chi connectivity index (χ4v) is 2.18. The molecule has 2 heterocycles. The van der Waals surface area contributed by atoms with Crippen LogP contribution >= 0.6 is 0 Å². The van der Waals surface area contributed by atoms with Gasteiger partial charge in [-0.25, -0.2) is 0 Å². The maximum atomic E-state index is 5.44. The van der Waals surface area contributed by atoms with Crippen LogP contribution < -0.4 is 5.32 Å². The maximum absolute atomic E-state index is 5.44. The minimum Gasteiger partial charge on any atom is -0.379 e. The van der Waals surface area contributed by atoms with Crippen molar-refractivity contribution in [3.05, 3.63) is 0 Å². The quantitative estimate of drug-likeness (QED) is 0.603. The van der Waals surface area contributed by atoms with Crippen molar-refractivity contribution >= 4 is 0 Å². The first-order valence-corrected chi connectivity index (χ1v) is 4.90. The second kappa shape index (κ2) is 3.32. The SMILES string of the molecule is CCN1CCNC2(CCOC2)C1. The molecule has 0 aromatic carbocycles. The Balaban J connectivity index is 1.97. The van der Waals surface area contributed by atoms with Crippen LogP contribution in [-0.2, 0) is 4.74 Å². The van der Waals surface area contributed by atoms with Crippen molar-refractivity contribution in [2.45, 2.75) is 18.9 Å². The Hall–Kier alpha value is -0.120. The standard InChI is InChI=1S/C9H18N2O/c1-2-11-5-4-10-9(7-11)3-6-12-8-9/h10H,2-8H2,1H3. The summed E-state index contributed by atoms with van der Waals surface area (Å²) in [6.07, 6.45) is 1.18. The van der Waals surface area contributed by atoms with Crippen LogP contribution in [0.2, 0.25) is 0 Å². The lowest BCUT2D eigenvalue weighted by Crippen LogP contribution is -2.60. The first kappa shape index (κ1) is 8.48. The maximum Gasteiger partial charge on any atom is 0.0661 e. The molecule has 1 atom stereocenters. The number of ether oxygens (including phenoxy) is 1. The zero-order valence-electron chi connectivity index (χ0n) is 7.81. The summed E-state index contributed by atoms with van der Waals surface area (Å²) in [6, 6.07) is 0. The number of rotatable bonds is 1. The fraction of sp³-hybridized carbons (Fsp3) is 1.00. The van der Waals surface area contributed by atoms with Crippen LogP contribution in [0.15, 0.2) is 0 Å². The van der Waals surface area contributed by atoms with Crippen molar-refractivity contribution in [1.82, 2.24) is 10.2 Å². The zero-order chi connectivity index (χ0) is 8.44. The second-order valence-electron chi connectivity index (χ2n) is 3.88. The molecule has 1 unspecified atom stereocenters. The van der Waals surface area contributed by atoms with Crippen molar-refractivity contribution in [1.29, 1.82) is 0 Å². The molecule has 0 radical (unpaired) electrons. The van der Waals surface area contributed by atoms with E-state index in [9.17, 15) is 0 Å². The molecule has 2 rings (SSSR count). The van der Waals surface area contributed by atoms with Crippen LogP contribution in [0.4, 0.5) is 0 Å². The lowest BCUT2D eigenvalue weighted by molar-refractivity contribution is 0.108. The van der Waals surface area contributed by atoms with Gasteiger partial charge in [-0.3, -0.25) is 0 Å². The van der Waals surface area contributed by atoms with E-state index < -0.39 is 0 Å². The van der Waals surface area contributed by atoms with Gasteiger partial charge in [0.05, 0.1) is 12.1 Å².